The Hall–Kier alpha value is -2.19. The lowest BCUT2D eigenvalue weighted by atomic mass is 9.98. The molecule has 0 saturated heterocycles. The van der Waals surface area contributed by atoms with Crippen molar-refractivity contribution in [3.63, 3.8) is 0 Å². The van der Waals surface area contributed by atoms with Crippen LogP contribution in [0.3, 0.4) is 0 Å². The van der Waals surface area contributed by atoms with E-state index < -0.39 is 20.3 Å². The summed E-state index contributed by atoms with van der Waals surface area (Å²) < 4.78 is 24.6. The molecule has 1 N–H and O–H groups in total. The van der Waals surface area contributed by atoms with Crippen LogP contribution >= 0.6 is 0 Å². The molecule has 0 fully saturated rings. The van der Waals surface area contributed by atoms with Gasteiger partial charge in [-0.1, -0.05) is 32.9 Å². The number of hydrogen-bond donors (Lipinski definition) is 1. The van der Waals surface area contributed by atoms with Crippen molar-refractivity contribution in [3.8, 4) is 0 Å². The van der Waals surface area contributed by atoms with E-state index in [4.69, 9.17) is 9.16 Å². The van der Waals surface area contributed by atoms with Crippen LogP contribution in [0.4, 0.5) is 9.18 Å². The van der Waals surface area contributed by atoms with E-state index in [2.05, 4.69) is 39.2 Å². The van der Waals surface area contributed by atoms with Gasteiger partial charge in [0.05, 0.1) is 24.8 Å². The summed E-state index contributed by atoms with van der Waals surface area (Å²) in [5, 5.41) is 2.89. The monoisotopic (exact) mass is 422 g/mol. The normalized spacial score (nSPS) is 17.6. The van der Waals surface area contributed by atoms with E-state index in [1.807, 2.05) is 0 Å². The molecule has 1 aromatic carbocycles. The molecule has 6 nitrogen and oxygen atoms in total. The molecule has 0 saturated carbocycles. The zero-order valence-corrected chi connectivity index (χ0v) is 19.0. The molecule has 1 aliphatic rings. The number of esters is 1. The van der Waals surface area contributed by atoms with Crippen molar-refractivity contribution in [1.29, 1.82) is 0 Å². The number of benzene rings is 1. The number of hydrogen-bond acceptors (Lipinski definition) is 4. The van der Waals surface area contributed by atoms with Gasteiger partial charge in [-0.05, 0) is 42.8 Å². The average molecular weight is 423 g/mol. The van der Waals surface area contributed by atoms with Crippen LogP contribution in [0.2, 0.25) is 18.1 Å². The van der Waals surface area contributed by atoms with Crippen molar-refractivity contribution in [2.45, 2.75) is 51.9 Å². The zero-order valence-electron chi connectivity index (χ0n) is 18.0. The smallest absolute Gasteiger partial charge is 0.337 e. The fourth-order valence-corrected chi connectivity index (χ4v) is 3.70. The van der Waals surface area contributed by atoms with Gasteiger partial charge < -0.3 is 14.5 Å². The van der Waals surface area contributed by atoms with Gasteiger partial charge in [0.25, 0.3) is 0 Å². The number of carbonyl (C=O) groups is 2. The predicted molar refractivity (Wildman–Crippen MR) is 112 cm³/mol. The Balaban J connectivity index is 2.21. The second-order valence-corrected chi connectivity index (χ2v) is 13.4. The van der Waals surface area contributed by atoms with E-state index in [0.29, 0.717) is 24.3 Å². The number of ether oxygens (including phenoxy) is 1. The summed E-state index contributed by atoms with van der Waals surface area (Å²) in [6.45, 7) is 13.4. The highest BCUT2D eigenvalue weighted by molar-refractivity contribution is 6.74. The van der Waals surface area contributed by atoms with Crippen molar-refractivity contribution in [3.05, 3.63) is 47.4 Å². The van der Waals surface area contributed by atoms with Crippen LogP contribution in [0.15, 0.2) is 36.0 Å². The van der Waals surface area contributed by atoms with Crippen LogP contribution in [-0.4, -0.2) is 45.0 Å². The van der Waals surface area contributed by atoms with Crippen molar-refractivity contribution in [2.24, 2.45) is 0 Å². The topological polar surface area (TPSA) is 67.9 Å². The SMILES string of the molecule is CCOC(=O)C1=CN(CCO[Si](C)(C)C(C)(C)C)C(=O)NC1c1ccc(F)cc1. The standard InChI is InChI=1S/C21H31FN2O4Si/c1-7-27-19(25)17-14-24(12-13-28-29(5,6)21(2,3)4)20(26)23-18(17)15-8-10-16(22)11-9-15/h8-11,14,18H,7,12-13H2,1-6H3,(H,23,26). The lowest BCUT2D eigenvalue weighted by Gasteiger charge is -2.37. The molecule has 2 amide bonds. The quantitative estimate of drug-likeness (QED) is 0.524. The lowest BCUT2D eigenvalue weighted by Crippen LogP contribution is -2.48. The number of carbonyl (C=O) groups excluding carboxylic acids is 2. The van der Waals surface area contributed by atoms with Crippen molar-refractivity contribution in [2.75, 3.05) is 19.8 Å². The zero-order chi connectivity index (χ0) is 21.8. The Morgan fingerprint density at radius 2 is 1.86 bits per heavy atom. The number of nitrogens with one attached hydrogen (secondary N) is 1. The molecule has 0 aromatic heterocycles. The van der Waals surface area contributed by atoms with Crippen LogP contribution in [0.25, 0.3) is 0 Å². The average Bonchev–Trinajstić information content (AvgIpc) is 2.62. The summed E-state index contributed by atoms with van der Waals surface area (Å²) >= 11 is 0. The Bertz CT molecular complexity index is 772. The van der Waals surface area contributed by atoms with Gasteiger partial charge >= 0.3 is 12.0 Å². The molecule has 1 aromatic rings. The van der Waals surface area contributed by atoms with Crippen molar-refractivity contribution >= 4 is 20.3 Å². The maximum Gasteiger partial charge on any atom is 0.337 e. The molecule has 1 unspecified atom stereocenters. The first-order valence-electron chi connectivity index (χ1n) is 9.81. The molecule has 0 spiro atoms. The number of rotatable bonds is 7. The van der Waals surface area contributed by atoms with Gasteiger partial charge in [0.2, 0.25) is 0 Å². The van der Waals surface area contributed by atoms with Gasteiger partial charge in [-0.3, -0.25) is 4.90 Å². The third kappa shape index (κ3) is 5.67. The van der Waals surface area contributed by atoms with E-state index >= 15 is 0 Å². The molecule has 1 aliphatic heterocycles. The minimum atomic E-state index is -1.94. The van der Waals surface area contributed by atoms with E-state index in [1.165, 1.54) is 23.2 Å². The highest BCUT2D eigenvalue weighted by Crippen LogP contribution is 2.36. The number of halogens is 1. The molecule has 0 radical (unpaired) electrons. The van der Waals surface area contributed by atoms with E-state index in [1.54, 1.807) is 19.1 Å². The number of urea groups is 1. The molecular formula is C21H31FN2O4Si. The molecule has 0 aliphatic carbocycles. The summed E-state index contributed by atoms with van der Waals surface area (Å²) in [6.07, 6.45) is 1.51. The molecule has 0 bridgehead atoms. The molecular weight excluding hydrogens is 391 g/mol. The maximum absolute atomic E-state index is 13.3. The third-order valence-electron chi connectivity index (χ3n) is 5.45. The molecule has 2 rings (SSSR count). The summed E-state index contributed by atoms with van der Waals surface area (Å²) in [7, 11) is -1.94. The van der Waals surface area contributed by atoms with Crippen LogP contribution < -0.4 is 5.32 Å². The first-order valence-corrected chi connectivity index (χ1v) is 12.7. The van der Waals surface area contributed by atoms with Gasteiger partial charge in [-0.25, -0.2) is 14.0 Å². The van der Waals surface area contributed by atoms with Crippen LogP contribution in [-0.2, 0) is 14.0 Å². The first kappa shape index (κ1) is 23.1. The Morgan fingerprint density at radius 1 is 1.24 bits per heavy atom. The van der Waals surface area contributed by atoms with Crippen molar-refractivity contribution in [1.82, 2.24) is 10.2 Å². The second-order valence-electron chi connectivity index (χ2n) is 8.54. The van der Waals surface area contributed by atoms with Crippen LogP contribution in [0.5, 0.6) is 0 Å². The van der Waals surface area contributed by atoms with E-state index in [9.17, 15) is 14.0 Å². The summed E-state index contributed by atoms with van der Waals surface area (Å²) in [6, 6.07) is 4.64. The Morgan fingerprint density at radius 3 is 2.41 bits per heavy atom. The minimum Gasteiger partial charge on any atom is -0.463 e. The lowest BCUT2D eigenvalue weighted by molar-refractivity contribution is -0.139. The Labute approximate surface area is 173 Å². The fraction of sp³-hybridized carbons (Fsp3) is 0.524. The highest BCUT2D eigenvalue weighted by Gasteiger charge is 2.38. The van der Waals surface area contributed by atoms with Gasteiger partial charge in [-0.15, -0.1) is 0 Å². The van der Waals surface area contributed by atoms with Crippen LogP contribution in [0.1, 0.15) is 39.3 Å². The van der Waals surface area contributed by atoms with E-state index in [-0.39, 0.29) is 23.5 Å². The third-order valence-corrected chi connectivity index (χ3v) is 9.99. The fourth-order valence-electron chi connectivity index (χ4n) is 2.67. The second kappa shape index (κ2) is 9.09. The Kier molecular flexibility index (Phi) is 7.23. The highest BCUT2D eigenvalue weighted by atomic mass is 28.4. The van der Waals surface area contributed by atoms with Crippen molar-refractivity contribution < 1.29 is 23.1 Å². The van der Waals surface area contributed by atoms with Gasteiger partial charge in [-0.2, -0.15) is 0 Å². The largest absolute Gasteiger partial charge is 0.463 e. The number of amides is 2. The number of nitrogens with zero attached hydrogens (tertiary/aromatic N) is 1. The summed E-state index contributed by atoms with van der Waals surface area (Å²) in [4.78, 5) is 26.6. The maximum atomic E-state index is 13.3. The van der Waals surface area contributed by atoms with E-state index in [0.717, 1.165) is 0 Å². The first-order chi connectivity index (χ1) is 13.5. The van der Waals surface area contributed by atoms with Crippen LogP contribution in [0, 0.1) is 5.82 Å². The molecule has 29 heavy (non-hydrogen) atoms. The molecule has 8 heteroatoms. The molecule has 160 valence electrons. The van der Waals surface area contributed by atoms with Gasteiger partial charge in [0.15, 0.2) is 8.32 Å². The molecule has 1 heterocycles. The molecule has 1 atom stereocenters. The summed E-state index contributed by atoms with van der Waals surface area (Å²) in [5.74, 6) is -0.904. The van der Waals surface area contributed by atoms with Gasteiger partial charge in [0.1, 0.15) is 5.82 Å². The predicted octanol–water partition coefficient (Wildman–Crippen LogP) is 4.36. The minimum absolute atomic E-state index is 0.0662. The summed E-state index contributed by atoms with van der Waals surface area (Å²) in [5.41, 5.74) is 0.904. The van der Waals surface area contributed by atoms with Gasteiger partial charge in [0, 0.05) is 12.7 Å².